The minimum Gasteiger partial charge on any atom is -0.483 e. The molecule has 2 rings (SSSR count). The predicted molar refractivity (Wildman–Crippen MR) is 100.0 cm³/mol. The van der Waals surface area contributed by atoms with Gasteiger partial charge in [0.1, 0.15) is 5.75 Å². The first-order chi connectivity index (χ1) is 11.8. The molecule has 0 aliphatic heterocycles. The van der Waals surface area contributed by atoms with Crippen LogP contribution >= 0.6 is 34.8 Å². The SMILES string of the molecule is CC(=O)c1cc(Cl)ccc1OCC(=O)NC(C)c1ccc(Cl)cc1Cl. The first-order valence-corrected chi connectivity index (χ1v) is 8.59. The lowest BCUT2D eigenvalue weighted by atomic mass is 10.1. The van der Waals surface area contributed by atoms with E-state index in [2.05, 4.69) is 5.32 Å². The predicted octanol–water partition coefficient (Wildman–Crippen LogP) is 5.11. The molecule has 0 fully saturated rings. The number of ketones is 1. The van der Waals surface area contributed by atoms with Crippen LogP contribution in [0.5, 0.6) is 5.75 Å². The number of hydrogen-bond acceptors (Lipinski definition) is 3. The number of rotatable bonds is 6. The molecule has 1 unspecified atom stereocenters. The van der Waals surface area contributed by atoms with Gasteiger partial charge in [-0.3, -0.25) is 9.59 Å². The third kappa shape index (κ3) is 5.36. The van der Waals surface area contributed by atoms with Crippen LogP contribution < -0.4 is 10.1 Å². The van der Waals surface area contributed by atoms with Gasteiger partial charge < -0.3 is 10.1 Å². The summed E-state index contributed by atoms with van der Waals surface area (Å²) in [6.07, 6.45) is 0. The Morgan fingerprint density at radius 3 is 2.36 bits per heavy atom. The van der Waals surface area contributed by atoms with Gasteiger partial charge in [0.05, 0.1) is 11.6 Å². The van der Waals surface area contributed by atoms with Gasteiger partial charge in [-0.1, -0.05) is 40.9 Å². The van der Waals surface area contributed by atoms with Crippen molar-refractivity contribution in [2.24, 2.45) is 0 Å². The Morgan fingerprint density at radius 2 is 1.72 bits per heavy atom. The fourth-order valence-corrected chi connectivity index (χ4v) is 3.00. The molecule has 1 atom stereocenters. The van der Waals surface area contributed by atoms with E-state index in [1.165, 1.54) is 13.0 Å². The number of benzene rings is 2. The number of Topliss-reactive ketones (excluding diaryl/α,β-unsaturated/α-hetero) is 1. The summed E-state index contributed by atoms with van der Waals surface area (Å²) in [6.45, 7) is 2.97. The standard InChI is InChI=1S/C18H16Cl3NO3/c1-10(14-5-3-13(20)8-16(14)21)22-18(24)9-25-17-6-4-12(19)7-15(17)11(2)23/h3-8,10H,9H2,1-2H3,(H,22,24). The van der Waals surface area contributed by atoms with Gasteiger partial charge in [0.25, 0.3) is 5.91 Å². The van der Waals surface area contributed by atoms with Crippen LogP contribution in [0.25, 0.3) is 0 Å². The van der Waals surface area contributed by atoms with Crippen molar-refractivity contribution in [1.29, 1.82) is 0 Å². The summed E-state index contributed by atoms with van der Waals surface area (Å²) in [4.78, 5) is 23.7. The lowest BCUT2D eigenvalue weighted by Gasteiger charge is -2.16. The number of amides is 1. The van der Waals surface area contributed by atoms with E-state index in [9.17, 15) is 9.59 Å². The van der Waals surface area contributed by atoms with Crippen LogP contribution in [-0.2, 0) is 4.79 Å². The highest BCUT2D eigenvalue weighted by Gasteiger charge is 2.15. The summed E-state index contributed by atoms with van der Waals surface area (Å²) in [6, 6.07) is 9.41. The zero-order valence-corrected chi connectivity index (χ0v) is 15.9. The van der Waals surface area contributed by atoms with Crippen molar-refractivity contribution in [1.82, 2.24) is 5.32 Å². The van der Waals surface area contributed by atoms with Crippen LogP contribution in [0.2, 0.25) is 15.1 Å². The molecule has 0 aliphatic rings. The van der Waals surface area contributed by atoms with Crippen LogP contribution in [0, 0.1) is 0 Å². The molecule has 4 nitrogen and oxygen atoms in total. The smallest absolute Gasteiger partial charge is 0.258 e. The Kier molecular flexibility index (Phi) is 6.71. The summed E-state index contributed by atoms with van der Waals surface area (Å²) >= 11 is 17.9. The Labute approximate surface area is 161 Å². The molecular formula is C18H16Cl3NO3. The molecule has 25 heavy (non-hydrogen) atoms. The van der Waals surface area contributed by atoms with Crippen molar-refractivity contribution >= 4 is 46.5 Å². The van der Waals surface area contributed by atoms with Gasteiger partial charge in [-0.2, -0.15) is 0 Å². The maximum absolute atomic E-state index is 12.1. The zero-order chi connectivity index (χ0) is 18.6. The molecule has 2 aromatic rings. The molecule has 0 aromatic heterocycles. The van der Waals surface area contributed by atoms with E-state index in [0.717, 1.165) is 5.56 Å². The monoisotopic (exact) mass is 399 g/mol. The second-order valence-electron chi connectivity index (χ2n) is 5.44. The Hall–Kier alpha value is -1.75. The van der Waals surface area contributed by atoms with Crippen molar-refractivity contribution in [3.8, 4) is 5.75 Å². The average Bonchev–Trinajstić information content (AvgIpc) is 2.53. The largest absolute Gasteiger partial charge is 0.483 e. The number of hydrogen-bond donors (Lipinski definition) is 1. The van der Waals surface area contributed by atoms with Gasteiger partial charge >= 0.3 is 0 Å². The molecule has 0 heterocycles. The second-order valence-corrected chi connectivity index (χ2v) is 6.72. The molecular weight excluding hydrogens is 385 g/mol. The fraction of sp³-hybridized carbons (Fsp3) is 0.222. The summed E-state index contributed by atoms with van der Waals surface area (Å²) in [5.74, 6) is -0.230. The molecule has 1 N–H and O–H groups in total. The Morgan fingerprint density at radius 1 is 1.08 bits per heavy atom. The van der Waals surface area contributed by atoms with E-state index < -0.39 is 0 Å². The van der Waals surface area contributed by atoms with Crippen molar-refractivity contribution in [2.75, 3.05) is 6.61 Å². The van der Waals surface area contributed by atoms with Gasteiger partial charge in [0.2, 0.25) is 0 Å². The number of carbonyl (C=O) groups is 2. The highest BCUT2D eigenvalue weighted by Crippen LogP contribution is 2.26. The first kappa shape index (κ1) is 19.6. The fourth-order valence-electron chi connectivity index (χ4n) is 2.26. The Bertz CT molecular complexity index is 808. The second kappa shape index (κ2) is 8.56. The molecule has 0 aliphatic carbocycles. The minimum atomic E-state index is -0.344. The lowest BCUT2D eigenvalue weighted by molar-refractivity contribution is -0.123. The van der Waals surface area contributed by atoms with E-state index in [1.807, 2.05) is 0 Å². The maximum Gasteiger partial charge on any atom is 0.258 e. The number of halogens is 3. The van der Waals surface area contributed by atoms with Crippen molar-refractivity contribution in [3.63, 3.8) is 0 Å². The molecule has 0 radical (unpaired) electrons. The van der Waals surface area contributed by atoms with E-state index >= 15 is 0 Å². The zero-order valence-electron chi connectivity index (χ0n) is 13.6. The summed E-state index contributed by atoms with van der Waals surface area (Å²) in [7, 11) is 0. The highest BCUT2D eigenvalue weighted by atomic mass is 35.5. The number of ether oxygens (including phenoxy) is 1. The van der Waals surface area contributed by atoms with E-state index in [1.54, 1.807) is 37.3 Å². The quantitative estimate of drug-likeness (QED) is 0.686. The third-order valence-electron chi connectivity index (χ3n) is 3.49. The van der Waals surface area contributed by atoms with Crippen molar-refractivity contribution in [2.45, 2.75) is 19.9 Å². The number of carbonyl (C=O) groups excluding carboxylic acids is 2. The van der Waals surface area contributed by atoms with Crippen molar-refractivity contribution < 1.29 is 14.3 Å². The van der Waals surface area contributed by atoms with Crippen LogP contribution in [0.4, 0.5) is 0 Å². The molecule has 2 aromatic carbocycles. The minimum absolute atomic E-state index is 0.195. The molecule has 1 amide bonds. The van der Waals surface area contributed by atoms with Gasteiger partial charge in [-0.15, -0.1) is 0 Å². The summed E-state index contributed by atoms with van der Waals surface area (Å²) in [5, 5.41) is 4.20. The molecule has 132 valence electrons. The average molecular weight is 401 g/mol. The van der Waals surface area contributed by atoms with E-state index in [0.29, 0.717) is 26.4 Å². The number of nitrogens with one attached hydrogen (secondary N) is 1. The molecule has 0 spiro atoms. The lowest BCUT2D eigenvalue weighted by Crippen LogP contribution is -2.31. The van der Waals surface area contributed by atoms with Gasteiger partial charge in [0, 0.05) is 15.1 Å². The summed E-state index contributed by atoms with van der Waals surface area (Å²) in [5.41, 5.74) is 1.07. The van der Waals surface area contributed by atoms with Crippen molar-refractivity contribution in [3.05, 3.63) is 62.6 Å². The van der Waals surface area contributed by atoms with Gasteiger partial charge in [-0.25, -0.2) is 0 Å². The topological polar surface area (TPSA) is 55.4 Å². The first-order valence-electron chi connectivity index (χ1n) is 7.45. The highest BCUT2D eigenvalue weighted by molar-refractivity contribution is 6.35. The molecule has 0 bridgehead atoms. The molecule has 7 heteroatoms. The normalized spacial score (nSPS) is 11.7. The third-order valence-corrected chi connectivity index (χ3v) is 4.28. The van der Waals surface area contributed by atoms with E-state index in [-0.39, 0.29) is 24.3 Å². The molecule has 0 saturated heterocycles. The van der Waals surface area contributed by atoms with Crippen LogP contribution in [0.3, 0.4) is 0 Å². The van der Waals surface area contributed by atoms with Crippen LogP contribution in [0.15, 0.2) is 36.4 Å². The van der Waals surface area contributed by atoms with Crippen LogP contribution in [0.1, 0.15) is 35.8 Å². The van der Waals surface area contributed by atoms with Gasteiger partial charge in [0.15, 0.2) is 12.4 Å². The van der Waals surface area contributed by atoms with Crippen LogP contribution in [-0.4, -0.2) is 18.3 Å². The molecule has 0 saturated carbocycles. The Balaban J connectivity index is 2.00. The maximum atomic E-state index is 12.1. The van der Waals surface area contributed by atoms with E-state index in [4.69, 9.17) is 39.5 Å². The van der Waals surface area contributed by atoms with Gasteiger partial charge in [-0.05, 0) is 49.7 Å². The summed E-state index contributed by atoms with van der Waals surface area (Å²) < 4.78 is 5.46.